The summed E-state index contributed by atoms with van der Waals surface area (Å²) < 4.78 is 5.02. The maximum Gasteiger partial charge on any atom is 0.316 e. The highest BCUT2D eigenvalue weighted by atomic mass is 32.1. The highest BCUT2D eigenvalue weighted by Gasteiger charge is 2.15. The van der Waals surface area contributed by atoms with Gasteiger partial charge >= 0.3 is 11.8 Å². The van der Waals surface area contributed by atoms with Gasteiger partial charge < -0.3 is 9.84 Å². The van der Waals surface area contributed by atoms with Crippen molar-refractivity contribution in [3.63, 3.8) is 0 Å². The summed E-state index contributed by atoms with van der Waals surface area (Å²) in [6.45, 7) is 2.44. The molecule has 6 heteroatoms. The van der Waals surface area contributed by atoms with Gasteiger partial charge in [0.05, 0.1) is 6.54 Å². The minimum absolute atomic E-state index is 0.0249. The molecule has 0 aliphatic rings. The van der Waals surface area contributed by atoms with Crippen LogP contribution in [0.2, 0.25) is 0 Å². The van der Waals surface area contributed by atoms with Crippen molar-refractivity contribution in [2.75, 3.05) is 0 Å². The fourth-order valence-corrected chi connectivity index (χ4v) is 2.52. The number of carbonyl (C=O) groups is 1. The molecule has 0 unspecified atom stereocenters. The smallest absolute Gasteiger partial charge is 0.316 e. The lowest BCUT2D eigenvalue weighted by atomic mass is 10.1. The molecule has 1 N–H and O–H groups in total. The molecule has 0 radical (unpaired) electrons. The van der Waals surface area contributed by atoms with Gasteiger partial charge in [-0.1, -0.05) is 35.0 Å². The topological polar surface area (TPSA) is 68.0 Å². The van der Waals surface area contributed by atoms with Crippen LogP contribution < -0.4 is 5.32 Å². The van der Waals surface area contributed by atoms with Gasteiger partial charge in [0.1, 0.15) is 0 Å². The molecule has 1 aromatic carbocycles. The molecule has 0 spiro atoms. The van der Waals surface area contributed by atoms with Gasteiger partial charge in [-0.15, -0.1) is 11.3 Å². The van der Waals surface area contributed by atoms with Crippen molar-refractivity contribution >= 4 is 17.2 Å². The largest absolute Gasteiger partial charge is 0.343 e. The van der Waals surface area contributed by atoms with Gasteiger partial charge in [0, 0.05) is 10.4 Å². The molecular weight excluding hydrogens is 286 g/mol. The van der Waals surface area contributed by atoms with Crippen LogP contribution in [0.25, 0.3) is 11.4 Å². The van der Waals surface area contributed by atoms with Crippen molar-refractivity contribution in [1.29, 1.82) is 0 Å². The molecule has 1 amide bonds. The predicted octanol–water partition coefficient (Wildman–Crippen LogP) is 3.04. The van der Waals surface area contributed by atoms with Crippen molar-refractivity contribution in [1.82, 2.24) is 15.5 Å². The lowest BCUT2D eigenvalue weighted by Gasteiger charge is -1.98. The average molecular weight is 299 g/mol. The zero-order valence-electron chi connectivity index (χ0n) is 11.4. The Hall–Kier alpha value is -2.47. The molecule has 3 aromatic rings. The lowest BCUT2D eigenvalue weighted by Crippen LogP contribution is -2.22. The van der Waals surface area contributed by atoms with E-state index in [0.717, 1.165) is 16.0 Å². The highest BCUT2D eigenvalue weighted by Crippen LogP contribution is 2.17. The molecule has 0 saturated heterocycles. The Labute approximate surface area is 125 Å². The number of amides is 1. The summed E-state index contributed by atoms with van der Waals surface area (Å²) in [5.74, 6) is 0.0258. The van der Waals surface area contributed by atoms with Gasteiger partial charge in [0.25, 0.3) is 0 Å². The first-order valence-corrected chi connectivity index (χ1v) is 7.31. The van der Waals surface area contributed by atoms with Gasteiger partial charge in [-0.05, 0) is 24.4 Å². The number of nitrogens with zero attached hydrogens (tertiary/aromatic N) is 2. The molecule has 3 rings (SSSR count). The third kappa shape index (κ3) is 3.17. The maximum atomic E-state index is 11.9. The number of aromatic nitrogens is 2. The fourth-order valence-electron chi connectivity index (χ4n) is 1.87. The number of nitrogens with one attached hydrogen (secondary N) is 1. The summed E-state index contributed by atoms with van der Waals surface area (Å²) in [7, 11) is 0. The van der Waals surface area contributed by atoms with Gasteiger partial charge in [-0.3, -0.25) is 4.79 Å². The van der Waals surface area contributed by atoms with E-state index in [0.29, 0.717) is 12.4 Å². The summed E-state index contributed by atoms with van der Waals surface area (Å²) in [5.41, 5.74) is 1.93. The van der Waals surface area contributed by atoms with Crippen molar-refractivity contribution in [3.05, 3.63) is 58.1 Å². The van der Waals surface area contributed by atoms with Crippen LogP contribution in [-0.4, -0.2) is 16.0 Å². The Balaban J connectivity index is 1.71. The molecular formula is C15H13N3O2S. The number of benzene rings is 1. The summed E-state index contributed by atoms with van der Waals surface area (Å²) >= 11 is 1.58. The standard InChI is InChI=1S/C15H13N3O2S/c1-10-4-2-5-11(8-10)13-17-15(20-18-13)14(19)16-9-12-6-3-7-21-12/h2-8H,9H2,1H3,(H,16,19). The second kappa shape index (κ2) is 5.88. The van der Waals surface area contributed by atoms with Crippen LogP contribution >= 0.6 is 11.3 Å². The van der Waals surface area contributed by atoms with Crippen LogP contribution in [0.3, 0.4) is 0 Å². The maximum absolute atomic E-state index is 11.9. The van der Waals surface area contributed by atoms with E-state index in [-0.39, 0.29) is 11.8 Å². The molecule has 106 valence electrons. The minimum atomic E-state index is -0.366. The molecule has 2 heterocycles. The Bertz CT molecular complexity index is 750. The molecule has 2 aromatic heterocycles. The first kappa shape index (κ1) is 13.5. The van der Waals surface area contributed by atoms with Crippen LogP contribution in [0, 0.1) is 6.92 Å². The number of carbonyl (C=O) groups excluding carboxylic acids is 1. The third-order valence-corrected chi connectivity index (χ3v) is 3.78. The van der Waals surface area contributed by atoms with Crippen LogP contribution in [0.4, 0.5) is 0 Å². The van der Waals surface area contributed by atoms with E-state index < -0.39 is 0 Å². The van der Waals surface area contributed by atoms with E-state index in [2.05, 4.69) is 15.5 Å². The van der Waals surface area contributed by atoms with Crippen LogP contribution in [-0.2, 0) is 6.54 Å². The third-order valence-electron chi connectivity index (χ3n) is 2.90. The second-order valence-corrected chi connectivity index (χ2v) is 5.59. The molecule has 0 fully saturated rings. The Kier molecular flexibility index (Phi) is 3.79. The van der Waals surface area contributed by atoms with E-state index in [1.807, 2.05) is 48.7 Å². The monoisotopic (exact) mass is 299 g/mol. The molecule has 0 saturated carbocycles. The van der Waals surface area contributed by atoms with Crippen LogP contribution in [0.1, 0.15) is 21.1 Å². The summed E-state index contributed by atoms with van der Waals surface area (Å²) in [4.78, 5) is 17.2. The van der Waals surface area contributed by atoms with Gasteiger partial charge in [0.2, 0.25) is 5.82 Å². The Morgan fingerprint density at radius 3 is 3.00 bits per heavy atom. The number of aryl methyl sites for hydroxylation is 1. The predicted molar refractivity (Wildman–Crippen MR) is 80.0 cm³/mol. The quantitative estimate of drug-likeness (QED) is 0.804. The molecule has 5 nitrogen and oxygen atoms in total. The first-order chi connectivity index (χ1) is 10.2. The number of hydrogen-bond acceptors (Lipinski definition) is 5. The zero-order valence-corrected chi connectivity index (χ0v) is 12.2. The Morgan fingerprint density at radius 1 is 1.33 bits per heavy atom. The van der Waals surface area contributed by atoms with E-state index in [1.54, 1.807) is 11.3 Å². The lowest BCUT2D eigenvalue weighted by molar-refractivity contribution is 0.0907. The Morgan fingerprint density at radius 2 is 2.24 bits per heavy atom. The zero-order chi connectivity index (χ0) is 14.7. The van der Waals surface area contributed by atoms with Gasteiger partial charge in [-0.25, -0.2) is 0 Å². The van der Waals surface area contributed by atoms with E-state index in [9.17, 15) is 4.79 Å². The molecule has 0 aliphatic carbocycles. The SMILES string of the molecule is Cc1cccc(-c2noc(C(=O)NCc3cccs3)n2)c1. The van der Waals surface area contributed by atoms with Crippen LogP contribution in [0.5, 0.6) is 0 Å². The minimum Gasteiger partial charge on any atom is -0.343 e. The van der Waals surface area contributed by atoms with E-state index >= 15 is 0 Å². The number of thiophene rings is 1. The molecule has 0 bridgehead atoms. The highest BCUT2D eigenvalue weighted by molar-refractivity contribution is 7.09. The average Bonchev–Trinajstić information content (AvgIpc) is 3.16. The van der Waals surface area contributed by atoms with Crippen molar-refractivity contribution < 1.29 is 9.32 Å². The molecule has 21 heavy (non-hydrogen) atoms. The van der Waals surface area contributed by atoms with E-state index in [4.69, 9.17) is 4.52 Å². The van der Waals surface area contributed by atoms with Gasteiger partial charge in [0.15, 0.2) is 0 Å². The van der Waals surface area contributed by atoms with Gasteiger partial charge in [-0.2, -0.15) is 4.98 Å². The van der Waals surface area contributed by atoms with Crippen molar-refractivity contribution in [3.8, 4) is 11.4 Å². The molecule has 0 atom stereocenters. The summed E-state index contributed by atoms with van der Waals surface area (Å²) in [6.07, 6.45) is 0. The summed E-state index contributed by atoms with van der Waals surface area (Å²) in [6, 6.07) is 11.6. The number of rotatable bonds is 4. The van der Waals surface area contributed by atoms with Crippen molar-refractivity contribution in [2.24, 2.45) is 0 Å². The second-order valence-electron chi connectivity index (χ2n) is 4.55. The fraction of sp³-hybridized carbons (Fsp3) is 0.133. The van der Waals surface area contributed by atoms with Crippen molar-refractivity contribution in [2.45, 2.75) is 13.5 Å². The first-order valence-electron chi connectivity index (χ1n) is 6.44. The summed E-state index contributed by atoms with van der Waals surface area (Å²) in [5, 5.41) is 8.56. The molecule has 0 aliphatic heterocycles. The normalized spacial score (nSPS) is 10.5. The van der Waals surface area contributed by atoms with Crippen LogP contribution in [0.15, 0.2) is 46.3 Å². The van der Waals surface area contributed by atoms with E-state index in [1.165, 1.54) is 0 Å². The number of hydrogen-bond donors (Lipinski definition) is 1.